The first kappa shape index (κ1) is 108. The number of phenolic OH excluding ortho intramolecular Hbond substituents is 3. The monoisotopic (exact) mass is 2010 g/mol. The number of ketones is 4. The number of rotatable bonds is 34. The van der Waals surface area contributed by atoms with E-state index in [9.17, 15) is 53.3 Å². The number of hydrogen-bond acceptors (Lipinski definition) is 37. The fourth-order valence-corrected chi connectivity index (χ4v) is 16.3. The average molecular weight is 2010 g/mol. The van der Waals surface area contributed by atoms with Crippen LogP contribution in [0.2, 0.25) is 0 Å². The molecule has 0 unspecified atom stereocenters. The van der Waals surface area contributed by atoms with E-state index in [4.69, 9.17) is 38.6 Å². The number of nitrogens with zero attached hydrogens (tertiary/aromatic N) is 13. The highest BCUT2D eigenvalue weighted by atomic mass is 32.2. The highest BCUT2D eigenvalue weighted by molar-refractivity contribution is 8.15. The third-order valence-corrected chi connectivity index (χ3v) is 25.4. The van der Waals surface area contributed by atoms with Gasteiger partial charge in [0.15, 0.2) is 34.6 Å². The highest BCUT2D eigenvalue weighted by Crippen LogP contribution is 2.41. The molecule has 0 bridgehead atoms. The van der Waals surface area contributed by atoms with E-state index in [-0.39, 0.29) is 75.4 Å². The number of aliphatic hydroxyl groups is 2. The molecule has 139 heavy (non-hydrogen) atoms. The van der Waals surface area contributed by atoms with Gasteiger partial charge in [0.25, 0.3) is 17.7 Å². The first-order chi connectivity index (χ1) is 66.7. The first-order valence-electron chi connectivity index (χ1n) is 42.2. The molecule has 3 amide bonds. The molecule has 0 saturated heterocycles. The second-order valence-corrected chi connectivity index (χ2v) is 35.7. The van der Waals surface area contributed by atoms with Gasteiger partial charge in [-0.05, 0) is 156 Å². The Morgan fingerprint density at radius 2 is 0.835 bits per heavy atom. The van der Waals surface area contributed by atoms with Crippen LogP contribution in [0.1, 0.15) is 121 Å². The molecule has 0 aliphatic carbocycles. The predicted molar refractivity (Wildman–Crippen MR) is 551 cm³/mol. The second-order valence-electron chi connectivity index (χ2n) is 29.6. The number of ether oxygens (including phenoxy) is 6. The lowest BCUT2D eigenvalue weighted by Gasteiger charge is -2.21. The van der Waals surface area contributed by atoms with Crippen LogP contribution in [-0.2, 0) is 19.2 Å². The number of carbonyl (C=O) groups is 7. The van der Waals surface area contributed by atoms with E-state index in [1.165, 1.54) is 132 Å². The molecule has 43 heteroatoms. The highest BCUT2D eigenvalue weighted by Gasteiger charge is 2.26. The molecule has 0 radical (unpaired) electrons. The Morgan fingerprint density at radius 1 is 0.410 bits per heavy atom. The number of carbonyl (C=O) groups excluding carboxylic acids is 7. The average Bonchev–Trinajstić information content (AvgIpc) is 1.78. The van der Waals surface area contributed by atoms with Crippen LogP contribution in [0.3, 0.4) is 0 Å². The smallest absolute Gasteiger partial charge is 0.255 e. The Labute approximate surface area is 826 Å². The van der Waals surface area contributed by atoms with Gasteiger partial charge in [0.05, 0.1) is 112 Å². The van der Waals surface area contributed by atoms with Crippen LogP contribution >= 0.6 is 70.6 Å². The van der Waals surface area contributed by atoms with Gasteiger partial charge in [-0.2, -0.15) is 20.4 Å². The molecule has 0 saturated carbocycles. The van der Waals surface area contributed by atoms with Crippen molar-refractivity contribution in [1.82, 2.24) is 35.7 Å². The summed E-state index contributed by atoms with van der Waals surface area (Å²) >= 11 is 8.01. The third kappa shape index (κ3) is 33.5. The van der Waals surface area contributed by atoms with Gasteiger partial charge in [-0.1, -0.05) is 67.0 Å². The summed E-state index contributed by atoms with van der Waals surface area (Å²) in [6.07, 6.45) is 2.05. The van der Waals surface area contributed by atoms with E-state index in [0.29, 0.717) is 172 Å². The summed E-state index contributed by atoms with van der Waals surface area (Å²) in [5, 5.41) is 107. The van der Waals surface area contributed by atoms with Crippen LogP contribution in [0.15, 0.2) is 234 Å². The Balaban J connectivity index is 0.000000188. The summed E-state index contributed by atoms with van der Waals surface area (Å²) < 4.78 is 44.7. The number of anilines is 3. The number of aromatic amines is 2. The maximum absolute atomic E-state index is 14.1. The van der Waals surface area contributed by atoms with Gasteiger partial charge in [0.2, 0.25) is 16.1 Å². The van der Waals surface area contributed by atoms with Crippen LogP contribution < -0.4 is 49.3 Å². The molecule has 0 atom stereocenters. The van der Waals surface area contributed by atoms with Gasteiger partial charge in [-0.3, -0.25) is 43.8 Å². The molecular weight excluding hydrogens is 1900 g/mol. The summed E-state index contributed by atoms with van der Waals surface area (Å²) in [6.45, 7) is 18.9. The number of thioether (sulfide) groups is 6. The van der Waals surface area contributed by atoms with Crippen LogP contribution in [0.25, 0.3) is 22.8 Å². The number of amides is 3. The van der Waals surface area contributed by atoms with Crippen molar-refractivity contribution in [2.45, 2.75) is 77.5 Å². The molecule has 14 rings (SSSR count). The molecule has 4 aliphatic rings. The van der Waals surface area contributed by atoms with Gasteiger partial charge in [0, 0.05) is 126 Å². The molecule has 4 aliphatic heterocycles. The van der Waals surface area contributed by atoms with Crippen molar-refractivity contribution in [3.63, 3.8) is 0 Å². The summed E-state index contributed by atoms with van der Waals surface area (Å²) in [7, 11) is 10.6. The zero-order valence-corrected chi connectivity index (χ0v) is 83.0. The van der Waals surface area contributed by atoms with Crippen molar-refractivity contribution in [3.8, 4) is 74.5 Å². The number of halogens is 1. The molecule has 10 aromatic rings. The molecule has 6 heterocycles. The fraction of sp³-hybridized carbons (Fsp3) is 0.260. The predicted octanol–water partition coefficient (Wildman–Crippen LogP) is 17.3. The van der Waals surface area contributed by atoms with Crippen molar-refractivity contribution < 1.29 is 91.9 Å². The number of phenols is 3. The molecule has 0 fully saturated rings. The maximum atomic E-state index is 14.1. The van der Waals surface area contributed by atoms with Gasteiger partial charge >= 0.3 is 0 Å². The van der Waals surface area contributed by atoms with Crippen molar-refractivity contribution in [1.29, 1.82) is 0 Å². The van der Waals surface area contributed by atoms with Crippen molar-refractivity contribution in [2.75, 3.05) is 113 Å². The lowest BCUT2D eigenvalue weighted by Crippen LogP contribution is -2.21. The normalized spacial score (nSPS) is 12.4. The SMILES string of the molecule is C=C(O)CSC1=NN=C(c2ccc(OC)cc2O)C1.C=C(O)CSc1n[nH]c(-c2cccc(C(=O)Nc3ccc(OC)cc3)c2)n1.CCN(CC)c1ccc(C2=NN=C(SCC(C)=O)C2)c(O)c1.CNC(=O)c1cccc(NC(=O)c2cccc(C3=NN=C(SCC(C)=O)C3)c2)c1.COc1cc(-c2nc(SCC(C)=O)n[nH]2)cc(O)c1OC.COc1cc(F)c(C2=NN=C(SCC(C)=O)C2)cc1OC. The number of aliphatic hydroxyl groups excluding tert-OH is 2. The Bertz CT molecular complexity index is 6400. The van der Waals surface area contributed by atoms with E-state index in [1.54, 1.807) is 150 Å². The van der Waals surface area contributed by atoms with Gasteiger partial charge in [0.1, 0.15) is 72.1 Å². The van der Waals surface area contributed by atoms with E-state index >= 15 is 0 Å². The summed E-state index contributed by atoms with van der Waals surface area (Å²) in [6, 6.07) is 44.7. The molecule has 36 nitrogen and oxygen atoms in total. The number of H-pyrrole nitrogens is 2. The van der Waals surface area contributed by atoms with Gasteiger partial charge < -0.3 is 74.8 Å². The van der Waals surface area contributed by atoms with E-state index < -0.39 is 5.82 Å². The van der Waals surface area contributed by atoms with Crippen molar-refractivity contribution in [2.24, 2.45) is 40.8 Å². The molecular formula is C96H103FN18O18S6. The number of nitrogens with one attached hydrogen (secondary N) is 5. The largest absolute Gasteiger partial charge is 0.512 e. The Hall–Kier alpha value is -14.4. The minimum absolute atomic E-state index is 0.0510. The zero-order valence-electron chi connectivity index (χ0n) is 78.1. The van der Waals surface area contributed by atoms with Crippen LogP contribution in [0.5, 0.6) is 51.7 Å². The Kier molecular flexibility index (Phi) is 42.5. The molecule has 2 aromatic heterocycles. The van der Waals surface area contributed by atoms with Gasteiger partial charge in [-0.25, -0.2) is 14.4 Å². The lowest BCUT2D eigenvalue weighted by molar-refractivity contribution is -0.115. The Morgan fingerprint density at radius 3 is 1.32 bits per heavy atom. The van der Waals surface area contributed by atoms with Crippen LogP contribution in [0.4, 0.5) is 21.5 Å². The standard InChI is InChI=1S/C21H20N4O3S.C19H18N4O3S.C16H21N3O2S.C14H15FN2O3S.C13H15N3O4S.C13H14N2O3S/c1-13(26)12-29-19-11-18(24-25-19)14-5-3-6-15(9-14)21(28)23-17-8-4-7-16(10-17)20(27)22-2;1-12(24)11-27-19-21-17(22-23-19)13-4-3-5-14(10-13)18(25)20-15-6-8-16(26-2)9-7-15;1-4-19(5-2)12-6-7-13(15(21)8-12)14-9-16(18-17-14)22-10-11(3)20;1-8(18)7-21-14-6-11(16-17-14)9-4-12(19-2)13(20-3)5-10(9)15;1-7(17)6-21-13-14-12(15-16-13)8-4-9(18)11(20-3)10(5-8)19-2;1-8(16)7-19-13-6-11(14-15-13)10-4-3-9(18-2)5-12(10)17/h3-10H,11-12H2,1-2H3,(H,22,27)(H,23,28);3-10,24H,1,11H2,2H3,(H,20,25)(H,21,22,23);6-8,21H,4-5,9-10H2,1-3H3;4-5H,6-7H2,1-3H3;4-5,18H,6H2,1-3H3,(H,14,15,16);3-5,16-17H,1,6-7H2,2H3. The van der Waals surface area contributed by atoms with Crippen LogP contribution in [0, 0.1) is 5.82 Å². The maximum Gasteiger partial charge on any atom is 0.255 e. The van der Waals surface area contributed by atoms with Crippen LogP contribution in [-0.4, -0.2) is 237 Å². The molecule has 0 spiro atoms. The molecule has 8 aromatic carbocycles. The van der Waals surface area contributed by atoms with E-state index in [1.807, 2.05) is 24.3 Å². The number of hydrogen-bond donors (Lipinski definition) is 10. The first-order valence-corrected chi connectivity index (χ1v) is 48.2. The van der Waals surface area contributed by atoms with Gasteiger partial charge in [-0.15, -0.1) is 77.7 Å². The zero-order chi connectivity index (χ0) is 101. The minimum atomic E-state index is -0.445. The second kappa shape index (κ2) is 54.5. The fourth-order valence-electron chi connectivity index (χ4n) is 12.4. The number of aromatic nitrogens is 6. The van der Waals surface area contributed by atoms with E-state index in [0.717, 1.165) is 62.2 Å². The minimum Gasteiger partial charge on any atom is -0.512 e. The van der Waals surface area contributed by atoms with E-state index in [2.05, 4.69) is 119 Å². The molecule has 728 valence electrons. The lowest BCUT2D eigenvalue weighted by atomic mass is 10.0. The number of Topliss-reactive ketones (excluding diaryl/α,β-unsaturated/α-hetero) is 4. The summed E-state index contributed by atoms with van der Waals surface area (Å²) in [5.74, 6) is 5.47. The quantitative estimate of drug-likeness (QED) is 0.0132. The molecule has 10 N–H and O–H groups in total. The number of methoxy groups -OCH3 is 6. The number of aromatic hydroxyl groups is 3. The number of benzene rings is 8. The topological polar surface area (TPSA) is 497 Å². The summed E-state index contributed by atoms with van der Waals surface area (Å²) in [4.78, 5) is 91.7. The summed E-state index contributed by atoms with van der Waals surface area (Å²) in [5.41, 5.74) is 10.2. The van der Waals surface area contributed by atoms with Crippen molar-refractivity contribution in [3.05, 3.63) is 227 Å². The van der Waals surface area contributed by atoms with Crippen molar-refractivity contribution >= 4 is 172 Å². The third-order valence-electron chi connectivity index (χ3n) is 19.1.